The zero-order chi connectivity index (χ0) is 19.8. The summed E-state index contributed by atoms with van der Waals surface area (Å²) in [5.74, 6) is 0.324. The zero-order valence-corrected chi connectivity index (χ0v) is 17.3. The molecule has 0 bridgehead atoms. The molecule has 1 amide bonds. The average molecular weight is 453 g/mol. The summed E-state index contributed by atoms with van der Waals surface area (Å²) in [6, 6.07) is 4.23. The van der Waals surface area contributed by atoms with Crippen molar-refractivity contribution in [3.8, 4) is 5.75 Å². The number of benzene rings is 1. The summed E-state index contributed by atoms with van der Waals surface area (Å²) in [5, 5.41) is 7.77. The van der Waals surface area contributed by atoms with E-state index in [4.69, 9.17) is 39.5 Å². The van der Waals surface area contributed by atoms with Gasteiger partial charge in [-0.05, 0) is 19.4 Å². The lowest BCUT2D eigenvalue weighted by Crippen LogP contribution is -2.24. The number of rotatable bonds is 5. The van der Waals surface area contributed by atoms with Crippen LogP contribution in [-0.2, 0) is 14.6 Å². The number of aromatic nitrogens is 2. The third-order valence-electron chi connectivity index (χ3n) is 4.01. The summed E-state index contributed by atoms with van der Waals surface area (Å²) in [6.45, 7) is 1.45. The predicted molar refractivity (Wildman–Crippen MR) is 105 cm³/mol. The van der Waals surface area contributed by atoms with Gasteiger partial charge in [0.25, 0.3) is 5.91 Å². The van der Waals surface area contributed by atoms with E-state index in [0.29, 0.717) is 17.9 Å². The predicted octanol–water partition coefficient (Wildman–Crippen LogP) is 3.53. The monoisotopic (exact) mass is 451 g/mol. The second kappa shape index (κ2) is 7.87. The van der Waals surface area contributed by atoms with Gasteiger partial charge < -0.3 is 10.1 Å². The molecular weight excluding hydrogens is 437 g/mol. The smallest absolute Gasteiger partial charge is 0.263 e. The Morgan fingerprint density at radius 2 is 1.96 bits per heavy atom. The van der Waals surface area contributed by atoms with Gasteiger partial charge in [-0.1, -0.05) is 34.8 Å². The van der Waals surface area contributed by atoms with Gasteiger partial charge in [0.2, 0.25) is 0 Å². The molecule has 2 aromatic rings. The van der Waals surface area contributed by atoms with Crippen molar-refractivity contribution in [1.82, 2.24) is 9.78 Å². The van der Waals surface area contributed by atoms with E-state index in [1.807, 2.05) is 0 Å². The Hall–Kier alpha value is -1.48. The molecule has 2 heterocycles. The first-order valence-electron chi connectivity index (χ1n) is 7.98. The molecule has 3 rings (SSSR count). The van der Waals surface area contributed by atoms with Crippen LogP contribution in [-0.4, -0.2) is 42.2 Å². The van der Waals surface area contributed by atoms with E-state index in [9.17, 15) is 13.2 Å². The van der Waals surface area contributed by atoms with E-state index in [1.54, 1.807) is 17.7 Å². The van der Waals surface area contributed by atoms with Gasteiger partial charge in [0, 0.05) is 12.1 Å². The van der Waals surface area contributed by atoms with E-state index < -0.39 is 15.7 Å². The fourth-order valence-electron chi connectivity index (χ4n) is 2.79. The van der Waals surface area contributed by atoms with Crippen molar-refractivity contribution >= 4 is 56.4 Å². The van der Waals surface area contributed by atoms with E-state index in [-0.39, 0.29) is 45.0 Å². The molecule has 0 aliphatic carbocycles. The Morgan fingerprint density at radius 3 is 2.63 bits per heavy atom. The molecule has 1 N–H and O–H groups in total. The molecule has 0 radical (unpaired) electrons. The van der Waals surface area contributed by atoms with Crippen LogP contribution in [0.3, 0.4) is 0 Å². The Bertz CT molecular complexity index is 991. The highest BCUT2D eigenvalue weighted by molar-refractivity contribution is 7.91. The number of anilines is 1. The van der Waals surface area contributed by atoms with Gasteiger partial charge in [0.15, 0.2) is 16.4 Å². The maximum atomic E-state index is 12.3. The van der Waals surface area contributed by atoms with Crippen LogP contribution in [0.5, 0.6) is 5.75 Å². The lowest BCUT2D eigenvalue weighted by Gasteiger charge is -2.14. The van der Waals surface area contributed by atoms with Crippen LogP contribution in [0.4, 0.5) is 5.82 Å². The molecular formula is C16H16Cl3N3O4S. The second-order valence-electron chi connectivity index (χ2n) is 6.21. The van der Waals surface area contributed by atoms with Crippen molar-refractivity contribution in [2.45, 2.75) is 19.4 Å². The van der Waals surface area contributed by atoms with Crippen LogP contribution in [0.25, 0.3) is 0 Å². The van der Waals surface area contributed by atoms with Crippen LogP contribution in [0.2, 0.25) is 15.1 Å². The van der Waals surface area contributed by atoms with Crippen LogP contribution in [0, 0.1) is 6.92 Å². The highest BCUT2D eigenvalue weighted by Gasteiger charge is 2.31. The molecule has 146 valence electrons. The molecule has 1 aliphatic rings. The standard InChI is InChI=1S/C16H16Cl3N3O4S/c1-9-4-15(22(21-9)10-2-3-27(24,25)8-10)20-16(23)7-26-14-6-12(18)11(17)5-13(14)19/h4-6,10H,2-3,7-8H2,1H3,(H,20,23)/t10-/m0/s1. The van der Waals surface area contributed by atoms with Gasteiger partial charge in [-0.25, -0.2) is 13.1 Å². The van der Waals surface area contributed by atoms with Crippen LogP contribution in [0.1, 0.15) is 18.2 Å². The molecule has 11 heteroatoms. The molecule has 7 nitrogen and oxygen atoms in total. The molecule has 1 aromatic heterocycles. The third-order valence-corrected chi connectivity index (χ3v) is 6.78. The third kappa shape index (κ3) is 4.87. The first-order chi connectivity index (χ1) is 12.6. The van der Waals surface area contributed by atoms with Gasteiger partial charge in [-0.15, -0.1) is 0 Å². The molecule has 1 saturated heterocycles. The van der Waals surface area contributed by atoms with Crippen molar-refractivity contribution in [2.24, 2.45) is 0 Å². The van der Waals surface area contributed by atoms with Crippen molar-refractivity contribution in [2.75, 3.05) is 23.4 Å². The van der Waals surface area contributed by atoms with Crippen molar-refractivity contribution < 1.29 is 17.9 Å². The average Bonchev–Trinajstić information content (AvgIpc) is 3.11. The highest BCUT2D eigenvalue weighted by Crippen LogP contribution is 2.34. The molecule has 1 fully saturated rings. The van der Waals surface area contributed by atoms with E-state index in [1.165, 1.54) is 12.1 Å². The van der Waals surface area contributed by atoms with E-state index in [2.05, 4.69) is 10.4 Å². The molecule has 0 spiro atoms. The molecule has 27 heavy (non-hydrogen) atoms. The first kappa shape index (κ1) is 20.3. The number of aryl methyl sites for hydroxylation is 1. The van der Waals surface area contributed by atoms with Gasteiger partial charge in [0.1, 0.15) is 11.6 Å². The molecule has 0 unspecified atom stereocenters. The number of nitrogens with zero attached hydrogens (tertiary/aromatic N) is 2. The first-order valence-corrected chi connectivity index (χ1v) is 10.9. The van der Waals surface area contributed by atoms with Gasteiger partial charge in [-0.2, -0.15) is 5.10 Å². The number of carbonyl (C=O) groups excluding carboxylic acids is 1. The normalized spacial score (nSPS) is 18.4. The van der Waals surface area contributed by atoms with Crippen LogP contribution >= 0.6 is 34.8 Å². The fourth-order valence-corrected chi connectivity index (χ4v) is 5.08. The summed E-state index contributed by atoms with van der Waals surface area (Å²) < 4.78 is 30.4. The van der Waals surface area contributed by atoms with E-state index >= 15 is 0 Å². The minimum atomic E-state index is -3.07. The largest absolute Gasteiger partial charge is 0.482 e. The minimum absolute atomic E-state index is 0.00632. The van der Waals surface area contributed by atoms with Crippen LogP contribution in [0.15, 0.2) is 18.2 Å². The lowest BCUT2D eigenvalue weighted by molar-refractivity contribution is -0.118. The quantitative estimate of drug-likeness (QED) is 0.701. The fraction of sp³-hybridized carbons (Fsp3) is 0.375. The van der Waals surface area contributed by atoms with Crippen LogP contribution < -0.4 is 10.1 Å². The SMILES string of the molecule is Cc1cc(NC(=O)COc2cc(Cl)c(Cl)cc2Cl)n([C@H]2CCS(=O)(=O)C2)n1. The molecule has 1 aromatic carbocycles. The molecule has 1 aliphatic heterocycles. The zero-order valence-electron chi connectivity index (χ0n) is 14.2. The number of carbonyl (C=O) groups is 1. The number of halogens is 3. The molecule has 1 atom stereocenters. The summed E-state index contributed by atoms with van der Waals surface area (Å²) in [6.07, 6.45) is 0.460. The maximum Gasteiger partial charge on any atom is 0.263 e. The topological polar surface area (TPSA) is 90.3 Å². The summed E-state index contributed by atoms with van der Waals surface area (Å²) >= 11 is 17.8. The van der Waals surface area contributed by atoms with Crippen molar-refractivity contribution in [1.29, 1.82) is 0 Å². The second-order valence-corrected chi connectivity index (χ2v) is 9.66. The number of hydrogen-bond acceptors (Lipinski definition) is 5. The number of amides is 1. The highest BCUT2D eigenvalue weighted by atomic mass is 35.5. The minimum Gasteiger partial charge on any atom is -0.482 e. The maximum absolute atomic E-state index is 12.3. The Kier molecular flexibility index (Phi) is 5.90. The number of ether oxygens (including phenoxy) is 1. The number of sulfone groups is 1. The number of hydrogen-bond donors (Lipinski definition) is 1. The number of nitrogens with one attached hydrogen (secondary N) is 1. The van der Waals surface area contributed by atoms with Gasteiger partial charge in [0.05, 0.1) is 38.3 Å². The summed E-state index contributed by atoms with van der Waals surface area (Å²) in [5.41, 5.74) is 0.669. The van der Waals surface area contributed by atoms with E-state index in [0.717, 1.165) is 0 Å². The van der Waals surface area contributed by atoms with Crippen molar-refractivity contribution in [3.05, 3.63) is 39.0 Å². The Morgan fingerprint density at radius 1 is 1.26 bits per heavy atom. The van der Waals surface area contributed by atoms with Crippen molar-refractivity contribution in [3.63, 3.8) is 0 Å². The lowest BCUT2D eigenvalue weighted by atomic mass is 10.3. The molecule has 0 saturated carbocycles. The Balaban J connectivity index is 1.68. The van der Waals surface area contributed by atoms with Gasteiger partial charge >= 0.3 is 0 Å². The summed E-state index contributed by atoms with van der Waals surface area (Å²) in [4.78, 5) is 12.3. The Labute approximate surface area is 171 Å². The van der Waals surface area contributed by atoms with Gasteiger partial charge in [-0.3, -0.25) is 4.79 Å². The summed E-state index contributed by atoms with van der Waals surface area (Å²) in [7, 11) is -3.07.